The molecule has 2 N–H and O–H groups in total. The summed E-state index contributed by atoms with van der Waals surface area (Å²) in [7, 11) is 0. The minimum absolute atomic E-state index is 0.147. The number of nitrogens with one attached hydrogen (secondary N) is 2. The Labute approximate surface area is 141 Å². The Morgan fingerprint density at radius 2 is 1.62 bits per heavy atom. The third-order valence-corrected chi connectivity index (χ3v) is 2.36. The third-order valence-electron chi connectivity index (χ3n) is 2.36. The number of carbonyl (C=O) groups excluding carboxylic acids is 2. The van der Waals surface area contributed by atoms with Crippen LogP contribution in [0.3, 0.4) is 0 Å². The van der Waals surface area contributed by atoms with E-state index in [-0.39, 0.29) is 18.9 Å². The van der Waals surface area contributed by atoms with Crippen molar-refractivity contribution in [3.63, 3.8) is 0 Å². The summed E-state index contributed by atoms with van der Waals surface area (Å²) in [5.74, 6) is -0.185. The number of carbonyl (C=O) groups is 2. The van der Waals surface area contributed by atoms with Gasteiger partial charge in [0.05, 0.1) is 26.4 Å². The van der Waals surface area contributed by atoms with Crippen LogP contribution in [-0.2, 0) is 19.0 Å². The molecule has 0 aliphatic heterocycles. The average Bonchev–Trinajstić information content (AvgIpc) is 2.47. The minimum Gasteiger partial charge on any atom is -0.444 e. The molecule has 0 unspecified atom stereocenters. The highest BCUT2D eigenvalue weighted by Gasteiger charge is 2.15. The molecule has 0 atom stereocenters. The number of azide groups is 1. The molecule has 0 radical (unpaired) electrons. The number of amides is 2. The van der Waals surface area contributed by atoms with E-state index in [1.165, 1.54) is 0 Å². The van der Waals surface area contributed by atoms with Gasteiger partial charge in [-0.3, -0.25) is 4.79 Å². The normalized spacial score (nSPS) is 10.6. The van der Waals surface area contributed by atoms with Gasteiger partial charge in [-0.1, -0.05) is 5.11 Å². The monoisotopic (exact) mass is 345 g/mol. The number of ether oxygens (including phenoxy) is 3. The van der Waals surface area contributed by atoms with Gasteiger partial charge in [-0.15, -0.1) is 0 Å². The molecule has 0 fully saturated rings. The molecular formula is C14H27N5O5. The van der Waals surface area contributed by atoms with E-state index in [1.54, 1.807) is 20.8 Å². The van der Waals surface area contributed by atoms with Crippen molar-refractivity contribution in [3.05, 3.63) is 10.4 Å². The summed E-state index contributed by atoms with van der Waals surface area (Å²) in [6.45, 7) is 7.78. The first-order chi connectivity index (χ1) is 11.3. The standard InChI is InChI=1S/C14H27N5O5/c1-14(2,3)24-13(21)17-7-9-23-11-10-22-8-6-16-12(20)4-5-18-19-15/h4-11H2,1-3H3,(H,16,20)(H,17,21). The van der Waals surface area contributed by atoms with Crippen molar-refractivity contribution in [3.8, 4) is 0 Å². The molecule has 0 spiro atoms. The number of nitrogens with zero attached hydrogens (tertiary/aromatic N) is 3. The summed E-state index contributed by atoms with van der Waals surface area (Å²) in [6, 6.07) is 0. The number of hydrogen-bond acceptors (Lipinski definition) is 6. The summed E-state index contributed by atoms with van der Waals surface area (Å²) >= 11 is 0. The summed E-state index contributed by atoms with van der Waals surface area (Å²) in [5, 5.41) is 8.48. The second-order valence-corrected chi connectivity index (χ2v) is 5.71. The van der Waals surface area contributed by atoms with Crippen LogP contribution in [0.4, 0.5) is 4.79 Å². The molecule has 0 saturated carbocycles. The second-order valence-electron chi connectivity index (χ2n) is 5.71. The Morgan fingerprint density at radius 1 is 1.04 bits per heavy atom. The van der Waals surface area contributed by atoms with Crippen LogP contribution in [0.2, 0.25) is 0 Å². The molecule has 10 heteroatoms. The Bertz CT molecular complexity index is 418. The first-order valence-electron chi connectivity index (χ1n) is 7.75. The highest BCUT2D eigenvalue weighted by molar-refractivity contribution is 5.76. The van der Waals surface area contributed by atoms with E-state index in [4.69, 9.17) is 19.7 Å². The van der Waals surface area contributed by atoms with Gasteiger partial charge in [0.25, 0.3) is 0 Å². The van der Waals surface area contributed by atoms with E-state index >= 15 is 0 Å². The van der Waals surface area contributed by atoms with Crippen molar-refractivity contribution < 1.29 is 23.8 Å². The molecule has 2 amide bonds. The fourth-order valence-corrected chi connectivity index (χ4v) is 1.41. The smallest absolute Gasteiger partial charge is 0.407 e. The van der Waals surface area contributed by atoms with Gasteiger partial charge in [0.2, 0.25) is 5.91 Å². The van der Waals surface area contributed by atoms with Crippen LogP contribution in [0.15, 0.2) is 5.11 Å². The highest BCUT2D eigenvalue weighted by Crippen LogP contribution is 2.05. The van der Waals surface area contributed by atoms with Gasteiger partial charge in [0.15, 0.2) is 0 Å². The highest BCUT2D eigenvalue weighted by atomic mass is 16.6. The van der Waals surface area contributed by atoms with Gasteiger partial charge < -0.3 is 24.8 Å². The molecule has 0 aliphatic rings. The second kappa shape index (κ2) is 13.4. The SMILES string of the molecule is CC(C)(C)OC(=O)NCCOCCOCCNC(=O)CCN=[N+]=[N-]. The van der Waals surface area contributed by atoms with E-state index in [1.807, 2.05) is 0 Å². The van der Waals surface area contributed by atoms with Gasteiger partial charge >= 0.3 is 6.09 Å². The maximum absolute atomic E-state index is 11.3. The summed E-state index contributed by atoms with van der Waals surface area (Å²) in [6.07, 6.45) is -0.309. The fourth-order valence-electron chi connectivity index (χ4n) is 1.41. The van der Waals surface area contributed by atoms with Crippen molar-refractivity contribution in [2.75, 3.05) is 46.1 Å². The number of hydrogen-bond donors (Lipinski definition) is 2. The Morgan fingerprint density at radius 3 is 2.17 bits per heavy atom. The van der Waals surface area contributed by atoms with Gasteiger partial charge in [-0.05, 0) is 26.3 Å². The van der Waals surface area contributed by atoms with Crippen molar-refractivity contribution in [2.45, 2.75) is 32.8 Å². The van der Waals surface area contributed by atoms with Crippen LogP contribution in [0.5, 0.6) is 0 Å². The number of rotatable bonds is 12. The molecular weight excluding hydrogens is 318 g/mol. The Hall–Kier alpha value is -2.03. The van der Waals surface area contributed by atoms with Crippen LogP contribution in [-0.4, -0.2) is 63.7 Å². The lowest BCUT2D eigenvalue weighted by Gasteiger charge is -2.19. The maximum Gasteiger partial charge on any atom is 0.407 e. The van der Waals surface area contributed by atoms with E-state index < -0.39 is 11.7 Å². The van der Waals surface area contributed by atoms with E-state index in [9.17, 15) is 9.59 Å². The molecule has 10 nitrogen and oxygen atoms in total. The molecule has 0 bridgehead atoms. The van der Waals surface area contributed by atoms with Gasteiger partial charge in [-0.2, -0.15) is 0 Å². The summed E-state index contributed by atoms with van der Waals surface area (Å²) < 4.78 is 15.6. The minimum atomic E-state index is -0.517. The summed E-state index contributed by atoms with van der Waals surface area (Å²) in [4.78, 5) is 25.1. The zero-order valence-corrected chi connectivity index (χ0v) is 14.5. The van der Waals surface area contributed by atoms with Crippen LogP contribution < -0.4 is 10.6 Å². The van der Waals surface area contributed by atoms with E-state index in [0.29, 0.717) is 39.5 Å². The molecule has 24 heavy (non-hydrogen) atoms. The Balaban J connectivity index is 3.32. The van der Waals surface area contributed by atoms with Crippen LogP contribution in [0, 0.1) is 0 Å². The lowest BCUT2D eigenvalue weighted by molar-refractivity contribution is -0.121. The maximum atomic E-state index is 11.3. The molecule has 0 aromatic heterocycles. The zero-order chi connectivity index (χ0) is 18.3. The lowest BCUT2D eigenvalue weighted by atomic mass is 10.2. The first-order valence-corrected chi connectivity index (χ1v) is 7.75. The van der Waals surface area contributed by atoms with Crippen LogP contribution in [0.25, 0.3) is 10.4 Å². The average molecular weight is 345 g/mol. The van der Waals surface area contributed by atoms with E-state index in [0.717, 1.165) is 0 Å². The topological polar surface area (TPSA) is 135 Å². The fraction of sp³-hybridized carbons (Fsp3) is 0.857. The van der Waals surface area contributed by atoms with E-state index in [2.05, 4.69) is 20.7 Å². The quantitative estimate of drug-likeness (QED) is 0.238. The molecule has 0 rings (SSSR count). The van der Waals surface area contributed by atoms with Crippen molar-refractivity contribution in [1.29, 1.82) is 0 Å². The van der Waals surface area contributed by atoms with Crippen molar-refractivity contribution >= 4 is 12.0 Å². The van der Waals surface area contributed by atoms with Crippen molar-refractivity contribution in [2.24, 2.45) is 5.11 Å². The zero-order valence-electron chi connectivity index (χ0n) is 14.5. The van der Waals surface area contributed by atoms with Gasteiger partial charge in [0.1, 0.15) is 5.60 Å². The molecule has 0 heterocycles. The van der Waals surface area contributed by atoms with Crippen LogP contribution in [0.1, 0.15) is 27.2 Å². The lowest BCUT2D eigenvalue weighted by Crippen LogP contribution is -2.34. The summed E-state index contributed by atoms with van der Waals surface area (Å²) in [5.41, 5.74) is 7.55. The Kier molecular flexibility index (Phi) is 12.3. The third kappa shape index (κ3) is 16.3. The predicted molar refractivity (Wildman–Crippen MR) is 87.5 cm³/mol. The predicted octanol–water partition coefficient (Wildman–Crippen LogP) is 1.36. The largest absolute Gasteiger partial charge is 0.444 e. The van der Waals surface area contributed by atoms with Gasteiger partial charge in [0, 0.05) is 31.0 Å². The van der Waals surface area contributed by atoms with Crippen molar-refractivity contribution in [1.82, 2.24) is 10.6 Å². The molecule has 138 valence electrons. The molecule has 0 aliphatic carbocycles. The molecule has 0 aromatic rings. The molecule has 0 saturated heterocycles. The van der Waals surface area contributed by atoms with Gasteiger partial charge in [-0.25, -0.2) is 4.79 Å². The van der Waals surface area contributed by atoms with Crippen LogP contribution >= 0.6 is 0 Å². The first kappa shape index (κ1) is 22.0. The number of alkyl carbamates (subject to hydrolysis) is 1. The molecule has 0 aromatic carbocycles.